The summed E-state index contributed by atoms with van der Waals surface area (Å²) in [7, 11) is -1.26. The standard InChI is InChI=1S/C9H20N.BF3.FH/c1-3-4-7-10(2)8-5-6-9-10;2-1(3)4;/h3-9H2,1-2H3;;1H/q+1;;/p-1. The third kappa shape index (κ3) is 10.0. The van der Waals surface area contributed by atoms with Gasteiger partial charge < -0.3 is 9.19 Å². The Morgan fingerprint density at radius 3 is 1.87 bits per heavy atom. The molecule has 1 nitrogen and oxygen atoms in total. The Morgan fingerprint density at radius 1 is 1.13 bits per heavy atom. The maximum atomic E-state index is 9.67. The Morgan fingerprint density at radius 2 is 1.53 bits per heavy atom. The molecule has 0 unspecified atom stereocenters. The lowest BCUT2D eigenvalue weighted by molar-refractivity contribution is -0.897. The first-order chi connectivity index (χ1) is 6.50. The van der Waals surface area contributed by atoms with Crippen LogP contribution in [0.2, 0.25) is 0 Å². The van der Waals surface area contributed by atoms with Gasteiger partial charge in [-0.1, -0.05) is 13.3 Å². The number of hydrogen-bond acceptors (Lipinski definition) is 0. The van der Waals surface area contributed by atoms with Crippen molar-refractivity contribution in [2.24, 2.45) is 0 Å². The van der Waals surface area contributed by atoms with E-state index in [0.29, 0.717) is 0 Å². The number of likely N-dealkylation sites (tertiary alicyclic amines) is 1. The summed E-state index contributed by atoms with van der Waals surface area (Å²) in [5.41, 5.74) is 0. The lowest BCUT2D eigenvalue weighted by Crippen LogP contribution is -3.00. The van der Waals surface area contributed by atoms with E-state index in [9.17, 15) is 12.9 Å². The zero-order valence-corrected chi connectivity index (χ0v) is 9.49. The van der Waals surface area contributed by atoms with Crippen LogP contribution in [0, 0.1) is 0 Å². The van der Waals surface area contributed by atoms with Gasteiger partial charge >= 0.3 is 7.54 Å². The Hall–Kier alpha value is -0.255. The minimum absolute atomic E-state index is 0. The molecule has 1 rings (SSSR count). The smallest absolute Gasteiger partial charge is 0.762 e. The number of halogens is 4. The fraction of sp³-hybridized carbons (Fsp3) is 1.00. The SMILES string of the molecule is CCCC[N+]1(C)CCCC1.FB(F)F.[F-]. The van der Waals surface area contributed by atoms with Gasteiger partial charge in [-0.05, 0) is 6.42 Å². The van der Waals surface area contributed by atoms with Crippen LogP contribution in [-0.4, -0.2) is 38.7 Å². The molecule has 0 spiro atoms. The fourth-order valence-electron chi connectivity index (χ4n) is 1.86. The monoisotopic (exact) mass is 229 g/mol. The molecule has 0 radical (unpaired) electrons. The summed E-state index contributed by atoms with van der Waals surface area (Å²) in [5.74, 6) is 0. The third-order valence-corrected chi connectivity index (χ3v) is 2.70. The van der Waals surface area contributed by atoms with Crippen molar-refractivity contribution in [1.29, 1.82) is 0 Å². The Bertz CT molecular complexity index is 137. The number of rotatable bonds is 3. The van der Waals surface area contributed by atoms with Crippen LogP contribution in [0.4, 0.5) is 12.9 Å². The molecule has 0 amide bonds. The molecule has 1 aliphatic heterocycles. The van der Waals surface area contributed by atoms with Gasteiger partial charge in [-0.25, -0.2) is 0 Å². The molecule has 0 aromatic heterocycles. The Balaban J connectivity index is 0. The van der Waals surface area contributed by atoms with Gasteiger partial charge in [0.1, 0.15) is 0 Å². The van der Waals surface area contributed by atoms with Crippen molar-refractivity contribution in [2.75, 3.05) is 26.7 Å². The Labute approximate surface area is 89.8 Å². The molecular formula is C9H20BF4N. The van der Waals surface area contributed by atoms with Gasteiger partial charge in [0.15, 0.2) is 0 Å². The zero-order valence-electron chi connectivity index (χ0n) is 9.49. The maximum absolute atomic E-state index is 9.67. The first-order valence-electron chi connectivity index (χ1n) is 5.26. The largest absolute Gasteiger partial charge is 1.00 e. The molecular weight excluding hydrogens is 209 g/mol. The van der Waals surface area contributed by atoms with E-state index in [4.69, 9.17) is 0 Å². The summed E-state index contributed by atoms with van der Waals surface area (Å²) >= 11 is 0. The summed E-state index contributed by atoms with van der Waals surface area (Å²) in [4.78, 5) is 0. The first kappa shape index (κ1) is 17.1. The lowest BCUT2D eigenvalue weighted by atomic mass is 10.3. The quantitative estimate of drug-likeness (QED) is 0.360. The highest BCUT2D eigenvalue weighted by Crippen LogP contribution is 2.16. The van der Waals surface area contributed by atoms with Crippen molar-refractivity contribution in [1.82, 2.24) is 0 Å². The maximum Gasteiger partial charge on any atom is 0.762 e. The first-order valence-corrected chi connectivity index (χ1v) is 5.26. The van der Waals surface area contributed by atoms with Crippen molar-refractivity contribution < 1.29 is 22.1 Å². The summed E-state index contributed by atoms with van der Waals surface area (Å²) in [6.45, 7) is 6.55. The summed E-state index contributed by atoms with van der Waals surface area (Å²) in [5, 5.41) is 0. The number of unbranched alkanes of at least 4 members (excludes halogenated alkanes) is 1. The number of quaternary nitrogens is 1. The highest BCUT2D eigenvalue weighted by Gasteiger charge is 2.25. The van der Waals surface area contributed by atoms with E-state index in [1.165, 1.54) is 49.8 Å². The third-order valence-electron chi connectivity index (χ3n) is 2.70. The predicted octanol–water partition coefficient (Wildman–Crippen LogP) is -0.0893. The van der Waals surface area contributed by atoms with Gasteiger partial charge in [0.2, 0.25) is 0 Å². The van der Waals surface area contributed by atoms with Crippen LogP contribution in [0.3, 0.4) is 0 Å². The van der Waals surface area contributed by atoms with Crippen LogP contribution in [0.1, 0.15) is 32.6 Å². The van der Waals surface area contributed by atoms with Crippen molar-refractivity contribution in [3.8, 4) is 0 Å². The summed E-state index contributed by atoms with van der Waals surface area (Å²) < 4.78 is 30.4. The molecule has 1 heterocycles. The van der Waals surface area contributed by atoms with Gasteiger partial charge in [-0.3, -0.25) is 12.9 Å². The molecule has 0 atom stereocenters. The lowest BCUT2D eigenvalue weighted by Gasteiger charge is -2.28. The normalized spacial score (nSPS) is 17.4. The number of hydrogen-bond donors (Lipinski definition) is 0. The van der Waals surface area contributed by atoms with Crippen LogP contribution in [0.25, 0.3) is 0 Å². The molecule has 0 aromatic carbocycles. The molecule has 0 aromatic rings. The predicted molar refractivity (Wildman–Crippen MR) is 54.0 cm³/mol. The average molecular weight is 229 g/mol. The molecule has 1 saturated heterocycles. The van der Waals surface area contributed by atoms with Gasteiger partial charge in [0.25, 0.3) is 0 Å². The molecule has 15 heavy (non-hydrogen) atoms. The van der Waals surface area contributed by atoms with Gasteiger partial charge in [-0.2, -0.15) is 0 Å². The van der Waals surface area contributed by atoms with E-state index in [1.54, 1.807) is 0 Å². The number of nitrogens with zero attached hydrogens (tertiary/aromatic N) is 1. The van der Waals surface area contributed by atoms with Crippen LogP contribution >= 0.6 is 0 Å². The van der Waals surface area contributed by atoms with Crippen molar-refractivity contribution in [2.45, 2.75) is 32.6 Å². The molecule has 0 saturated carbocycles. The van der Waals surface area contributed by atoms with E-state index in [1.807, 2.05) is 0 Å². The van der Waals surface area contributed by atoms with Crippen molar-refractivity contribution in [3.05, 3.63) is 0 Å². The fourth-order valence-corrected chi connectivity index (χ4v) is 1.86. The van der Waals surface area contributed by atoms with Crippen LogP contribution in [-0.2, 0) is 0 Å². The molecule has 92 valence electrons. The highest BCUT2D eigenvalue weighted by atomic mass is 19.4. The molecule has 0 aliphatic carbocycles. The van der Waals surface area contributed by atoms with E-state index >= 15 is 0 Å². The molecule has 1 aliphatic rings. The van der Waals surface area contributed by atoms with Crippen molar-refractivity contribution in [3.63, 3.8) is 0 Å². The molecule has 0 N–H and O–H groups in total. The second kappa shape index (κ2) is 9.01. The van der Waals surface area contributed by atoms with E-state index < -0.39 is 7.54 Å². The second-order valence-electron chi connectivity index (χ2n) is 4.10. The zero-order chi connectivity index (χ0) is 11.0. The Kier molecular flexibility index (Phi) is 10.3. The van der Waals surface area contributed by atoms with E-state index in [2.05, 4.69) is 14.0 Å². The van der Waals surface area contributed by atoms with E-state index in [0.717, 1.165) is 0 Å². The van der Waals surface area contributed by atoms with E-state index in [-0.39, 0.29) is 4.70 Å². The molecule has 1 fully saturated rings. The van der Waals surface area contributed by atoms with Crippen molar-refractivity contribution >= 4 is 7.54 Å². The summed E-state index contributed by atoms with van der Waals surface area (Å²) in [6, 6.07) is 0. The topological polar surface area (TPSA) is 0 Å². The van der Waals surface area contributed by atoms with Gasteiger partial charge in [-0.15, -0.1) is 0 Å². The van der Waals surface area contributed by atoms with Gasteiger partial charge in [0, 0.05) is 12.8 Å². The molecule has 6 heteroatoms. The summed E-state index contributed by atoms with van der Waals surface area (Å²) in [6.07, 6.45) is 5.69. The average Bonchev–Trinajstić information content (AvgIpc) is 2.48. The minimum atomic E-state index is -3.67. The molecule has 0 bridgehead atoms. The minimum Gasteiger partial charge on any atom is -1.00 e. The van der Waals surface area contributed by atoms with Gasteiger partial charge in [0.05, 0.1) is 26.7 Å². The second-order valence-corrected chi connectivity index (χ2v) is 4.10. The van der Waals surface area contributed by atoms with Crippen LogP contribution in [0.5, 0.6) is 0 Å². The highest BCUT2D eigenvalue weighted by molar-refractivity contribution is 6.33. The van der Waals surface area contributed by atoms with Crippen LogP contribution in [0.15, 0.2) is 0 Å². The van der Waals surface area contributed by atoms with Crippen LogP contribution < -0.4 is 4.70 Å².